The molecule has 0 atom stereocenters. The average Bonchev–Trinajstić information content (AvgIpc) is 2.69. The smallest absolute Gasteiger partial charge is 0.271 e. The van der Waals surface area contributed by atoms with Crippen LogP contribution in [0.1, 0.15) is 10.4 Å². The molecular formula is C12H9N3O2S. The summed E-state index contributed by atoms with van der Waals surface area (Å²) in [7, 11) is 0. The van der Waals surface area contributed by atoms with Crippen LogP contribution in [0.2, 0.25) is 0 Å². The number of nitriles is 1. The van der Waals surface area contributed by atoms with Crippen molar-refractivity contribution >= 4 is 27.7 Å². The number of anilines is 2. The van der Waals surface area contributed by atoms with Crippen LogP contribution in [0.25, 0.3) is 0 Å². The molecule has 5 nitrogen and oxygen atoms in total. The molecular weight excluding hydrogens is 250 g/mol. The first-order valence-electron chi connectivity index (χ1n) is 5.12. The maximum atomic E-state index is 10.7. The number of aryl methyl sites for hydroxylation is 1. The summed E-state index contributed by atoms with van der Waals surface area (Å²) in [5, 5.41) is 23.4. The van der Waals surface area contributed by atoms with E-state index in [-0.39, 0.29) is 5.69 Å². The number of non-ortho nitro benzene ring substituents is 1. The molecule has 0 unspecified atom stereocenters. The first kappa shape index (κ1) is 12.1. The van der Waals surface area contributed by atoms with Crippen molar-refractivity contribution in [3.63, 3.8) is 0 Å². The zero-order valence-electron chi connectivity index (χ0n) is 9.51. The molecule has 0 saturated carbocycles. The summed E-state index contributed by atoms with van der Waals surface area (Å²) in [6.45, 7) is 1.91. The lowest BCUT2D eigenvalue weighted by atomic mass is 10.2. The van der Waals surface area contributed by atoms with E-state index in [1.165, 1.54) is 23.5 Å². The zero-order chi connectivity index (χ0) is 13.1. The van der Waals surface area contributed by atoms with Crippen molar-refractivity contribution < 1.29 is 4.92 Å². The number of hydrogen-bond donors (Lipinski definition) is 1. The molecule has 0 spiro atoms. The Kier molecular flexibility index (Phi) is 3.26. The van der Waals surface area contributed by atoms with Gasteiger partial charge in [-0.2, -0.15) is 5.26 Å². The molecule has 1 aromatic heterocycles. The molecule has 0 aliphatic carbocycles. The van der Waals surface area contributed by atoms with Crippen molar-refractivity contribution in [1.82, 2.24) is 0 Å². The number of hydrogen-bond acceptors (Lipinski definition) is 5. The highest BCUT2D eigenvalue weighted by Crippen LogP contribution is 2.30. The van der Waals surface area contributed by atoms with E-state index in [0.29, 0.717) is 16.3 Å². The Hall–Kier alpha value is -2.39. The van der Waals surface area contributed by atoms with E-state index in [2.05, 4.69) is 11.4 Å². The maximum absolute atomic E-state index is 10.7. The molecule has 0 bridgehead atoms. The molecule has 2 aromatic rings. The summed E-state index contributed by atoms with van der Waals surface area (Å²) in [5.74, 6) is 0. The third kappa shape index (κ3) is 2.47. The number of nitrogens with one attached hydrogen (secondary N) is 1. The monoisotopic (exact) mass is 259 g/mol. The number of nitro groups is 1. The Morgan fingerprint density at radius 3 is 2.89 bits per heavy atom. The molecule has 0 fully saturated rings. The van der Waals surface area contributed by atoms with Crippen molar-refractivity contribution in [3.05, 3.63) is 50.9 Å². The lowest BCUT2D eigenvalue weighted by Gasteiger charge is -2.03. The van der Waals surface area contributed by atoms with Crippen LogP contribution in [0.15, 0.2) is 30.3 Å². The van der Waals surface area contributed by atoms with Gasteiger partial charge >= 0.3 is 0 Å². The molecule has 1 aromatic carbocycles. The Balaban J connectivity index is 2.31. The fourth-order valence-electron chi connectivity index (χ4n) is 1.52. The second kappa shape index (κ2) is 4.85. The van der Waals surface area contributed by atoms with Gasteiger partial charge in [0.25, 0.3) is 5.69 Å². The molecule has 0 saturated heterocycles. The van der Waals surface area contributed by atoms with Crippen molar-refractivity contribution in [2.45, 2.75) is 6.92 Å². The molecule has 0 radical (unpaired) electrons. The van der Waals surface area contributed by atoms with Gasteiger partial charge in [0, 0.05) is 22.7 Å². The van der Waals surface area contributed by atoms with Crippen molar-refractivity contribution in [3.8, 4) is 6.07 Å². The number of nitro benzene ring substituents is 1. The first-order valence-corrected chi connectivity index (χ1v) is 5.94. The van der Waals surface area contributed by atoms with Crippen LogP contribution in [0.3, 0.4) is 0 Å². The first-order chi connectivity index (χ1) is 8.60. The lowest BCUT2D eigenvalue weighted by molar-refractivity contribution is -0.384. The summed E-state index contributed by atoms with van der Waals surface area (Å²) in [6.07, 6.45) is 0. The van der Waals surface area contributed by atoms with E-state index in [1.54, 1.807) is 18.2 Å². The Labute approximate surface area is 107 Å². The minimum absolute atomic E-state index is 0.0202. The molecule has 18 heavy (non-hydrogen) atoms. The van der Waals surface area contributed by atoms with Gasteiger partial charge in [-0.1, -0.05) is 6.07 Å². The molecule has 6 heteroatoms. The highest BCUT2D eigenvalue weighted by atomic mass is 32.1. The highest BCUT2D eigenvalue weighted by molar-refractivity contribution is 7.16. The number of rotatable bonds is 3. The maximum Gasteiger partial charge on any atom is 0.271 e. The second-order valence-electron chi connectivity index (χ2n) is 3.64. The fraction of sp³-hybridized carbons (Fsp3) is 0.0833. The van der Waals surface area contributed by atoms with Crippen molar-refractivity contribution in [1.29, 1.82) is 5.26 Å². The standard InChI is InChI=1S/C12H9N3O2S/c1-8-5-9(7-13)12(18-8)14-10-3-2-4-11(6-10)15(16)17/h2-6,14H,1H3. The van der Waals surface area contributed by atoms with Crippen LogP contribution < -0.4 is 5.32 Å². The summed E-state index contributed by atoms with van der Waals surface area (Å²) in [6, 6.07) is 10.1. The molecule has 1 heterocycles. The number of nitrogens with zero attached hydrogens (tertiary/aromatic N) is 2. The molecule has 2 rings (SSSR count). The van der Waals surface area contributed by atoms with Gasteiger partial charge in [-0.15, -0.1) is 11.3 Å². The van der Waals surface area contributed by atoms with E-state index >= 15 is 0 Å². The summed E-state index contributed by atoms with van der Waals surface area (Å²) in [5.41, 5.74) is 1.17. The van der Waals surface area contributed by atoms with Gasteiger partial charge in [0.2, 0.25) is 0 Å². The van der Waals surface area contributed by atoms with Gasteiger partial charge in [0.1, 0.15) is 11.1 Å². The zero-order valence-corrected chi connectivity index (χ0v) is 10.3. The summed E-state index contributed by atoms with van der Waals surface area (Å²) >= 11 is 1.44. The van der Waals surface area contributed by atoms with Crippen molar-refractivity contribution in [2.75, 3.05) is 5.32 Å². The van der Waals surface area contributed by atoms with Crippen LogP contribution in [0.4, 0.5) is 16.4 Å². The predicted molar refractivity (Wildman–Crippen MR) is 70.2 cm³/mol. The van der Waals surface area contributed by atoms with E-state index in [1.807, 2.05) is 6.92 Å². The fourth-order valence-corrected chi connectivity index (χ4v) is 2.40. The molecule has 1 N–H and O–H groups in total. The van der Waals surface area contributed by atoms with Crippen LogP contribution in [0, 0.1) is 28.4 Å². The Morgan fingerprint density at radius 2 is 2.22 bits per heavy atom. The van der Waals surface area contributed by atoms with Gasteiger partial charge < -0.3 is 5.32 Å². The average molecular weight is 259 g/mol. The lowest BCUT2D eigenvalue weighted by Crippen LogP contribution is -1.92. The van der Waals surface area contributed by atoms with Gasteiger partial charge in [-0.3, -0.25) is 10.1 Å². The van der Waals surface area contributed by atoms with Crippen LogP contribution in [0.5, 0.6) is 0 Å². The van der Waals surface area contributed by atoms with E-state index in [0.717, 1.165) is 4.88 Å². The molecule has 0 amide bonds. The van der Waals surface area contributed by atoms with Crippen LogP contribution >= 0.6 is 11.3 Å². The number of thiophene rings is 1. The normalized spacial score (nSPS) is 9.78. The summed E-state index contributed by atoms with van der Waals surface area (Å²) in [4.78, 5) is 11.2. The summed E-state index contributed by atoms with van der Waals surface area (Å²) < 4.78 is 0. The molecule has 0 aliphatic heterocycles. The molecule has 0 aliphatic rings. The van der Waals surface area contributed by atoms with Crippen LogP contribution in [-0.4, -0.2) is 4.92 Å². The number of benzene rings is 1. The van der Waals surface area contributed by atoms with Crippen molar-refractivity contribution in [2.24, 2.45) is 0 Å². The van der Waals surface area contributed by atoms with E-state index in [9.17, 15) is 10.1 Å². The van der Waals surface area contributed by atoms with E-state index in [4.69, 9.17) is 5.26 Å². The largest absolute Gasteiger partial charge is 0.346 e. The van der Waals surface area contributed by atoms with Gasteiger partial charge in [-0.05, 0) is 19.1 Å². The third-order valence-corrected chi connectivity index (χ3v) is 3.26. The molecule has 90 valence electrons. The van der Waals surface area contributed by atoms with E-state index < -0.39 is 4.92 Å². The van der Waals surface area contributed by atoms with Gasteiger partial charge in [0.15, 0.2) is 0 Å². The minimum Gasteiger partial charge on any atom is -0.346 e. The Bertz CT molecular complexity index is 643. The highest BCUT2D eigenvalue weighted by Gasteiger charge is 2.09. The Morgan fingerprint density at radius 1 is 1.44 bits per heavy atom. The second-order valence-corrected chi connectivity index (χ2v) is 4.90. The topological polar surface area (TPSA) is 79.0 Å². The van der Waals surface area contributed by atoms with Crippen LogP contribution in [-0.2, 0) is 0 Å². The predicted octanol–water partition coefficient (Wildman–Crippen LogP) is 3.58. The quantitative estimate of drug-likeness (QED) is 0.675. The van der Waals surface area contributed by atoms with Gasteiger partial charge in [-0.25, -0.2) is 0 Å². The SMILES string of the molecule is Cc1cc(C#N)c(Nc2cccc([N+](=O)[O-])c2)s1. The van der Waals surface area contributed by atoms with Gasteiger partial charge in [0.05, 0.1) is 10.5 Å². The third-order valence-electron chi connectivity index (χ3n) is 2.29. The minimum atomic E-state index is -0.448.